The second-order valence-corrected chi connectivity index (χ2v) is 7.16. The van der Waals surface area contributed by atoms with Crippen LogP contribution >= 0.6 is 39.0 Å². The van der Waals surface area contributed by atoms with Crippen LogP contribution in [0.15, 0.2) is 33.1 Å². The van der Waals surface area contributed by atoms with Crippen LogP contribution in [0.25, 0.3) is 0 Å². The minimum absolute atomic E-state index is 0.0698. The van der Waals surface area contributed by atoms with Crippen molar-refractivity contribution in [1.29, 1.82) is 0 Å². The van der Waals surface area contributed by atoms with Crippen LogP contribution in [0.3, 0.4) is 0 Å². The van der Waals surface area contributed by atoms with Crippen molar-refractivity contribution in [2.24, 2.45) is 0 Å². The molecule has 1 heterocycles. The lowest BCUT2D eigenvalue weighted by atomic mass is 10.3. The van der Waals surface area contributed by atoms with E-state index in [4.69, 9.17) is 4.74 Å². The Morgan fingerprint density at radius 2 is 2.24 bits per heavy atom. The van der Waals surface area contributed by atoms with Gasteiger partial charge in [-0.3, -0.25) is 10.1 Å². The molecule has 2 aromatic rings. The van der Waals surface area contributed by atoms with Gasteiger partial charge in [0.25, 0.3) is 5.91 Å². The van der Waals surface area contributed by atoms with Crippen LogP contribution in [-0.4, -0.2) is 28.5 Å². The van der Waals surface area contributed by atoms with E-state index in [2.05, 4.69) is 38.4 Å². The SMILES string of the molecule is CCCSc1nnc(NC(=O)COc2ccccc2Br)s1. The summed E-state index contributed by atoms with van der Waals surface area (Å²) in [6.45, 7) is 2.04. The predicted octanol–water partition coefficient (Wildman–Crippen LogP) is 3.82. The number of hydrogen-bond acceptors (Lipinski definition) is 6. The first-order chi connectivity index (χ1) is 10.2. The summed E-state index contributed by atoms with van der Waals surface area (Å²) in [5, 5.41) is 11.1. The topological polar surface area (TPSA) is 64.1 Å². The molecule has 5 nitrogen and oxygen atoms in total. The Morgan fingerprint density at radius 3 is 3.00 bits per heavy atom. The van der Waals surface area contributed by atoms with E-state index in [1.165, 1.54) is 11.3 Å². The molecule has 1 amide bonds. The summed E-state index contributed by atoms with van der Waals surface area (Å²) in [5.74, 6) is 1.37. The summed E-state index contributed by atoms with van der Waals surface area (Å²) in [4.78, 5) is 11.8. The number of anilines is 1. The van der Waals surface area contributed by atoms with Crippen molar-refractivity contribution in [3.63, 3.8) is 0 Å². The minimum Gasteiger partial charge on any atom is -0.483 e. The maximum absolute atomic E-state index is 11.8. The van der Waals surface area contributed by atoms with E-state index in [1.807, 2.05) is 18.2 Å². The van der Waals surface area contributed by atoms with Gasteiger partial charge >= 0.3 is 0 Å². The third-order valence-electron chi connectivity index (χ3n) is 2.28. The lowest BCUT2D eigenvalue weighted by Gasteiger charge is -2.06. The fraction of sp³-hybridized carbons (Fsp3) is 0.308. The molecule has 2 rings (SSSR count). The third-order valence-corrected chi connectivity index (χ3v) is 5.11. The molecule has 1 aromatic carbocycles. The Morgan fingerprint density at radius 1 is 1.43 bits per heavy atom. The van der Waals surface area contributed by atoms with Gasteiger partial charge in [0.05, 0.1) is 4.47 Å². The number of carbonyl (C=O) groups excluding carboxylic acids is 1. The van der Waals surface area contributed by atoms with E-state index < -0.39 is 0 Å². The number of hydrogen-bond donors (Lipinski definition) is 1. The number of carbonyl (C=O) groups is 1. The van der Waals surface area contributed by atoms with E-state index in [1.54, 1.807) is 17.8 Å². The van der Waals surface area contributed by atoms with Crippen LogP contribution in [0.5, 0.6) is 5.75 Å². The van der Waals surface area contributed by atoms with Gasteiger partial charge in [-0.1, -0.05) is 42.2 Å². The van der Waals surface area contributed by atoms with Crippen molar-refractivity contribution < 1.29 is 9.53 Å². The Kier molecular flexibility index (Phi) is 6.47. The molecule has 0 fully saturated rings. The molecule has 0 aliphatic carbocycles. The van der Waals surface area contributed by atoms with Crippen LogP contribution in [-0.2, 0) is 4.79 Å². The van der Waals surface area contributed by atoms with Gasteiger partial charge in [0.1, 0.15) is 5.75 Å². The summed E-state index contributed by atoms with van der Waals surface area (Å²) in [7, 11) is 0. The monoisotopic (exact) mass is 387 g/mol. The van der Waals surface area contributed by atoms with E-state index in [0.29, 0.717) is 10.9 Å². The Bertz CT molecular complexity index is 607. The van der Waals surface area contributed by atoms with Gasteiger partial charge in [-0.2, -0.15) is 0 Å². The Balaban J connectivity index is 1.82. The molecular weight excluding hydrogens is 374 g/mol. The fourth-order valence-corrected chi connectivity index (χ4v) is 3.46. The van der Waals surface area contributed by atoms with Crippen molar-refractivity contribution in [2.75, 3.05) is 17.7 Å². The van der Waals surface area contributed by atoms with Crippen molar-refractivity contribution >= 4 is 50.1 Å². The maximum atomic E-state index is 11.8. The van der Waals surface area contributed by atoms with Gasteiger partial charge in [0.15, 0.2) is 10.9 Å². The third kappa shape index (κ3) is 5.29. The molecule has 0 spiro atoms. The van der Waals surface area contributed by atoms with Gasteiger partial charge < -0.3 is 4.74 Å². The van der Waals surface area contributed by atoms with E-state index >= 15 is 0 Å². The summed E-state index contributed by atoms with van der Waals surface area (Å²) in [6, 6.07) is 7.38. The second-order valence-electron chi connectivity index (χ2n) is 3.99. The second kappa shape index (κ2) is 8.35. The number of amides is 1. The van der Waals surface area contributed by atoms with Crippen molar-refractivity contribution in [2.45, 2.75) is 17.7 Å². The van der Waals surface area contributed by atoms with Gasteiger partial charge in [0, 0.05) is 5.75 Å². The number of nitrogens with zero attached hydrogens (tertiary/aromatic N) is 2. The maximum Gasteiger partial charge on any atom is 0.264 e. The predicted molar refractivity (Wildman–Crippen MR) is 89.2 cm³/mol. The van der Waals surface area contributed by atoms with Crippen molar-refractivity contribution in [3.05, 3.63) is 28.7 Å². The molecule has 21 heavy (non-hydrogen) atoms. The number of para-hydroxylation sites is 1. The smallest absolute Gasteiger partial charge is 0.264 e. The average molecular weight is 388 g/mol. The van der Waals surface area contributed by atoms with Gasteiger partial charge in [-0.15, -0.1) is 10.2 Å². The highest BCUT2D eigenvalue weighted by Gasteiger charge is 2.09. The first kappa shape index (κ1) is 16.3. The van der Waals surface area contributed by atoms with Gasteiger partial charge in [0.2, 0.25) is 5.13 Å². The molecule has 0 radical (unpaired) electrons. The molecule has 112 valence electrons. The molecule has 0 bridgehead atoms. The molecule has 0 aliphatic heterocycles. The van der Waals surface area contributed by atoms with E-state index in [0.717, 1.165) is 21.0 Å². The van der Waals surface area contributed by atoms with Crippen LogP contribution in [0, 0.1) is 0 Å². The Hall–Kier alpha value is -1.12. The number of aromatic nitrogens is 2. The zero-order valence-electron chi connectivity index (χ0n) is 11.3. The number of thioether (sulfide) groups is 1. The van der Waals surface area contributed by atoms with Crippen molar-refractivity contribution in [1.82, 2.24) is 10.2 Å². The molecule has 8 heteroatoms. The summed E-state index contributed by atoms with van der Waals surface area (Å²) >= 11 is 6.37. The first-order valence-electron chi connectivity index (χ1n) is 6.32. The number of nitrogens with one attached hydrogen (secondary N) is 1. The summed E-state index contributed by atoms with van der Waals surface area (Å²) in [5.41, 5.74) is 0. The lowest BCUT2D eigenvalue weighted by molar-refractivity contribution is -0.118. The quantitative estimate of drug-likeness (QED) is 0.577. The van der Waals surface area contributed by atoms with Gasteiger partial charge in [-0.25, -0.2) is 0 Å². The van der Waals surface area contributed by atoms with E-state index in [-0.39, 0.29) is 12.5 Å². The van der Waals surface area contributed by atoms with Crippen molar-refractivity contribution in [3.8, 4) is 5.75 Å². The molecule has 0 saturated carbocycles. The fourth-order valence-electron chi connectivity index (χ4n) is 1.37. The van der Waals surface area contributed by atoms with Crippen LogP contribution in [0.4, 0.5) is 5.13 Å². The molecule has 0 saturated heterocycles. The first-order valence-corrected chi connectivity index (χ1v) is 8.92. The highest BCUT2D eigenvalue weighted by molar-refractivity contribution is 9.10. The minimum atomic E-state index is -0.256. The number of rotatable bonds is 7. The highest BCUT2D eigenvalue weighted by Crippen LogP contribution is 2.26. The molecule has 1 aromatic heterocycles. The molecule has 1 N–H and O–H groups in total. The average Bonchev–Trinajstić information content (AvgIpc) is 2.91. The zero-order chi connectivity index (χ0) is 15.1. The molecule has 0 aliphatic rings. The molecular formula is C13H14BrN3O2S2. The molecule has 0 unspecified atom stereocenters. The summed E-state index contributed by atoms with van der Waals surface area (Å²) in [6.07, 6.45) is 1.08. The largest absolute Gasteiger partial charge is 0.483 e. The molecule has 0 atom stereocenters. The van der Waals surface area contributed by atoms with Crippen LogP contribution < -0.4 is 10.1 Å². The lowest BCUT2D eigenvalue weighted by Crippen LogP contribution is -2.20. The number of benzene rings is 1. The zero-order valence-corrected chi connectivity index (χ0v) is 14.6. The summed E-state index contributed by atoms with van der Waals surface area (Å²) < 4.78 is 7.11. The number of halogens is 1. The standard InChI is InChI=1S/C13H14BrN3O2S2/c1-2-7-20-13-17-16-12(21-13)15-11(18)8-19-10-6-4-3-5-9(10)14/h3-6H,2,7-8H2,1H3,(H,15,16,18). The van der Waals surface area contributed by atoms with Crippen LogP contribution in [0.2, 0.25) is 0 Å². The normalized spacial score (nSPS) is 10.4. The Labute approximate surface area is 139 Å². The van der Waals surface area contributed by atoms with E-state index in [9.17, 15) is 4.79 Å². The number of ether oxygens (including phenoxy) is 1. The van der Waals surface area contributed by atoms with Gasteiger partial charge in [-0.05, 0) is 34.5 Å². The highest BCUT2D eigenvalue weighted by atomic mass is 79.9. The van der Waals surface area contributed by atoms with Crippen LogP contribution in [0.1, 0.15) is 13.3 Å².